The Hall–Kier alpha value is -2.39. The van der Waals surface area contributed by atoms with Crippen molar-refractivity contribution in [3.8, 4) is 11.5 Å². The fourth-order valence-electron chi connectivity index (χ4n) is 4.08. The molecule has 150 valence electrons. The van der Waals surface area contributed by atoms with Crippen LogP contribution in [0.2, 0.25) is 0 Å². The number of piperidine rings is 1. The van der Waals surface area contributed by atoms with Crippen LogP contribution in [0.15, 0.2) is 29.4 Å². The highest BCUT2D eigenvalue weighted by Crippen LogP contribution is 2.40. The van der Waals surface area contributed by atoms with Crippen LogP contribution in [-0.2, 0) is 10.0 Å². The molecule has 0 aliphatic carbocycles. The van der Waals surface area contributed by atoms with Gasteiger partial charge in [-0.25, -0.2) is 18.4 Å². The predicted molar refractivity (Wildman–Crippen MR) is 104 cm³/mol. The lowest BCUT2D eigenvalue weighted by atomic mass is 9.91. The standard InChI is InChI=1S/C19H24N4O4S/c1-12-13(2)20-11-21-19(12)22-9-14-7-15(10-22)23(14)28(24,25)16-5-6-17(26-3)18(8-16)27-4/h5-6,8,11,14-15H,7,9-10H2,1-4H3. The zero-order valence-corrected chi connectivity index (χ0v) is 17.2. The second-order valence-corrected chi connectivity index (χ2v) is 9.05. The number of hydrogen-bond donors (Lipinski definition) is 0. The van der Waals surface area contributed by atoms with Crippen molar-refractivity contribution < 1.29 is 17.9 Å². The molecule has 3 saturated heterocycles. The summed E-state index contributed by atoms with van der Waals surface area (Å²) in [7, 11) is -0.583. The molecule has 5 rings (SSSR count). The Morgan fingerprint density at radius 1 is 1.04 bits per heavy atom. The number of benzene rings is 1. The SMILES string of the molecule is COc1ccc(S(=O)(=O)N2C3CC2CN(c2ncnc(C)c2C)C3)cc1OC. The Labute approximate surface area is 165 Å². The van der Waals surface area contributed by atoms with Gasteiger partial charge in [0.2, 0.25) is 10.0 Å². The Morgan fingerprint density at radius 3 is 2.36 bits per heavy atom. The lowest BCUT2D eigenvalue weighted by molar-refractivity contribution is 0.0873. The van der Waals surface area contributed by atoms with E-state index in [9.17, 15) is 8.42 Å². The second-order valence-electron chi connectivity index (χ2n) is 7.21. The summed E-state index contributed by atoms with van der Waals surface area (Å²) < 4.78 is 38.6. The highest BCUT2D eigenvalue weighted by molar-refractivity contribution is 7.89. The van der Waals surface area contributed by atoms with Crippen molar-refractivity contribution in [3.05, 3.63) is 35.8 Å². The van der Waals surface area contributed by atoms with E-state index in [-0.39, 0.29) is 17.0 Å². The number of methoxy groups -OCH3 is 2. The molecule has 0 saturated carbocycles. The van der Waals surface area contributed by atoms with Gasteiger partial charge in [-0.2, -0.15) is 4.31 Å². The molecule has 2 aromatic rings. The number of hydrogen-bond acceptors (Lipinski definition) is 7. The Morgan fingerprint density at radius 2 is 1.71 bits per heavy atom. The summed E-state index contributed by atoms with van der Waals surface area (Å²) in [5, 5.41) is 0. The number of anilines is 1. The maximum absolute atomic E-state index is 13.2. The fraction of sp³-hybridized carbons (Fsp3) is 0.474. The third kappa shape index (κ3) is 2.89. The minimum absolute atomic E-state index is 0.0634. The van der Waals surface area contributed by atoms with E-state index in [2.05, 4.69) is 14.9 Å². The van der Waals surface area contributed by atoms with E-state index >= 15 is 0 Å². The van der Waals surface area contributed by atoms with Crippen molar-refractivity contribution in [2.75, 3.05) is 32.2 Å². The zero-order chi connectivity index (χ0) is 20.1. The minimum Gasteiger partial charge on any atom is -0.493 e. The van der Waals surface area contributed by atoms with Crippen molar-refractivity contribution in [3.63, 3.8) is 0 Å². The fourth-order valence-corrected chi connectivity index (χ4v) is 5.91. The summed E-state index contributed by atoms with van der Waals surface area (Å²) in [5.74, 6) is 1.80. The largest absolute Gasteiger partial charge is 0.493 e. The Balaban J connectivity index is 1.58. The van der Waals surface area contributed by atoms with Gasteiger partial charge in [-0.3, -0.25) is 0 Å². The van der Waals surface area contributed by atoms with Gasteiger partial charge in [0.25, 0.3) is 0 Å². The van der Waals surface area contributed by atoms with Gasteiger partial charge in [0.05, 0.1) is 19.1 Å². The van der Waals surface area contributed by atoms with Crippen molar-refractivity contribution in [1.82, 2.24) is 14.3 Å². The van der Waals surface area contributed by atoms with Crippen molar-refractivity contribution in [1.29, 1.82) is 0 Å². The van der Waals surface area contributed by atoms with Crippen LogP contribution < -0.4 is 14.4 Å². The van der Waals surface area contributed by atoms with E-state index in [0.717, 1.165) is 23.5 Å². The van der Waals surface area contributed by atoms with Gasteiger partial charge in [-0.05, 0) is 32.4 Å². The summed E-state index contributed by atoms with van der Waals surface area (Å²) in [6.07, 6.45) is 2.43. The maximum atomic E-state index is 13.2. The molecule has 3 aliphatic heterocycles. The Bertz CT molecular complexity index is 999. The molecule has 0 spiro atoms. The molecular formula is C19H24N4O4S. The number of ether oxygens (including phenoxy) is 2. The lowest BCUT2D eigenvalue weighted by Crippen LogP contribution is -2.70. The van der Waals surface area contributed by atoms with Crippen LogP contribution in [0.1, 0.15) is 17.7 Å². The van der Waals surface area contributed by atoms with Gasteiger partial charge in [0, 0.05) is 42.5 Å². The normalized spacial score (nSPS) is 21.9. The molecule has 9 heteroatoms. The number of aryl methyl sites for hydroxylation is 1. The molecule has 28 heavy (non-hydrogen) atoms. The van der Waals surface area contributed by atoms with Crippen LogP contribution in [0.4, 0.5) is 5.82 Å². The first kappa shape index (κ1) is 18.9. The highest BCUT2D eigenvalue weighted by Gasteiger charge is 2.51. The average Bonchev–Trinajstić information content (AvgIpc) is 2.69. The molecule has 2 atom stereocenters. The van der Waals surface area contributed by atoms with Gasteiger partial charge in [-0.1, -0.05) is 0 Å². The summed E-state index contributed by atoms with van der Waals surface area (Å²) in [6.45, 7) is 5.21. The van der Waals surface area contributed by atoms with E-state index < -0.39 is 10.0 Å². The molecule has 8 nitrogen and oxygen atoms in total. The third-order valence-electron chi connectivity index (χ3n) is 5.67. The summed E-state index contributed by atoms with van der Waals surface area (Å²) >= 11 is 0. The topological polar surface area (TPSA) is 84.9 Å². The van der Waals surface area contributed by atoms with E-state index in [1.807, 2.05) is 13.8 Å². The highest BCUT2D eigenvalue weighted by atomic mass is 32.2. The molecule has 2 bridgehead atoms. The summed E-state index contributed by atoms with van der Waals surface area (Å²) in [4.78, 5) is 11.0. The average molecular weight is 404 g/mol. The van der Waals surface area contributed by atoms with Crippen LogP contribution in [0.3, 0.4) is 0 Å². The van der Waals surface area contributed by atoms with E-state index in [1.54, 1.807) is 22.8 Å². The van der Waals surface area contributed by atoms with E-state index in [1.165, 1.54) is 20.3 Å². The lowest BCUT2D eigenvalue weighted by Gasteiger charge is -2.55. The monoisotopic (exact) mass is 404 g/mol. The summed E-state index contributed by atoms with van der Waals surface area (Å²) in [6, 6.07) is 4.59. The van der Waals surface area contributed by atoms with Crippen molar-refractivity contribution in [2.45, 2.75) is 37.2 Å². The molecule has 1 aromatic carbocycles. The van der Waals surface area contributed by atoms with Gasteiger partial charge in [0.1, 0.15) is 12.1 Å². The number of sulfonamides is 1. The number of rotatable bonds is 5. The van der Waals surface area contributed by atoms with E-state index in [0.29, 0.717) is 24.6 Å². The maximum Gasteiger partial charge on any atom is 0.243 e. The molecule has 2 unspecified atom stereocenters. The summed E-state index contributed by atoms with van der Waals surface area (Å²) in [5.41, 5.74) is 1.98. The second kappa shape index (κ2) is 6.89. The van der Waals surface area contributed by atoms with E-state index in [4.69, 9.17) is 9.47 Å². The van der Waals surface area contributed by atoms with Crippen LogP contribution in [0.5, 0.6) is 11.5 Å². The molecule has 1 aromatic heterocycles. The first-order valence-corrected chi connectivity index (χ1v) is 10.6. The van der Waals surface area contributed by atoms with Crippen molar-refractivity contribution in [2.24, 2.45) is 0 Å². The van der Waals surface area contributed by atoms with Crippen molar-refractivity contribution >= 4 is 15.8 Å². The predicted octanol–water partition coefficient (Wildman–Crippen LogP) is 1.76. The van der Waals surface area contributed by atoms with Crippen LogP contribution in [0, 0.1) is 13.8 Å². The molecule has 4 heterocycles. The Kier molecular flexibility index (Phi) is 4.67. The zero-order valence-electron chi connectivity index (χ0n) is 16.4. The number of fused-ring (bicyclic) bond motifs is 2. The van der Waals surface area contributed by atoms with Gasteiger partial charge in [-0.15, -0.1) is 0 Å². The molecular weight excluding hydrogens is 380 g/mol. The van der Waals surface area contributed by atoms with Crippen LogP contribution >= 0.6 is 0 Å². The quantitative estimate of drug-likeness (QED) is 0.751. The van der Waals surface area contributed by atoms with Gasteiger partial charge >= 0.3 is 0 Å². The van der Waals surface area contributed by atoms with Gasteiger partial charge < -0.3 is 14.4 Å². The minimum atomic E-state index is -3.60. The molecule has 0 amide bonds. The smallest absolute Gasteiger partial charge is 0.243 e. The molecule has 0 radical (unpaired) electrons. The third-order valence-corrected chi connectivity index (χ3v) is 7.67. The number of nitrogens with zero attached hydrogens (tertiary/aromatic N) is 4. The van der Waals surface area contributed by atoms with Crippen LogP contribution in [0.25, 0.3) is 0 Å². The number of aromatic nitrogens is 2. The molecule has 0 N–H and O–H groups in total. The molecule has 3 aliphatic rings. The molecule has 3 fully saturated rings. The first-order chi connectivity index (χ1) is 13.4. The van der Waals surface area contributed by atoms with Gasteiger partial charge in [0.15, 0.2) is 11.5 Å². The van der Waals surface area contributed by atoms with Crippen LogP contribution in [-0.4, -0.2) is 62.1 Å². The number of piperazine rings is 1. The first-order valence-electron chi connectivity index (χ1n) is 9.15.